The van der Waals surface area contributed by atoms with Crippen molar-refractivity contribution in [1.82, 2.24) is 5.32 Å². The molecule has 1 rings (SSSR count). The van der Waals surface area contributed by atoms with E-state index in [2.05, 4.69) is 33.0 Å². The van der Waals surface area contributed by atoms with Crippen molar-refractivity contribution in [1.29, 1.82) is 0 Å². The highest BCUT2D eigenvalue weighted by Gasteiger charge is 2.10. The summed E-state index contributed by atoms with van der Waals surface area (Å²) in [5, 5.41) is 3.32. The van der Waals surface area contributed by atoms with Crippen LogP contribution in [0, 0.1) is 0 Å². The molecule has 0 bridgehead atoms. The third kappa shape index (κ3) is 6.39. The Bertz CT molecular complexity index is 390. The molecule has 0 aromatic heterocycles. The summed E-state index contributed by atoms with van der Waals surface area (Å²) >= 11 is 0. The number of ketones is 1. The van der Waals surface area contributed by atoms with Gasteiger partial charge in [-0.1, -0.05) is 6.92 Å². The van der Waals surface area contributed by atoms with E-state index < -0.39 is 0 Å². The van der Waals surface area contributed by atoms with E-state index in [0.717, 1.165) is 17.7 Å². The van der Waals surface area contributed by atoms with Crippen LogP contribution in [0.5, 0.6) is 5.75 Å². The van der Waals surface area contributed by atoms with Crippen LogP contribution >= 0.6 is 0 Å². The SMILES string of the molecule is CCCOc1ccc(C(=O)CCNC(C)(C)C)cc1. The van der Waals surface area contributed by atoms with Crippen molar-refractivity contribution < 1.29 is 9.53 Å². The fraction of sp³-hybridized carbons (Fsp3) is 0.562. The molecule has 3 heteroatoms. The van der Waals surface area contributed by atoms with Gasteiger partial charge in [0.2, 0.25) is 0 Å². The molecule has 0 saturated heterocycles. The second kappa shape index (κ2) is 7.29. The normalized spacial score (nSPS) is 11.4. The summed E-state index contributed by atoms with van der Waals surface area (Å²) in [6.45, 7) is 9.77. The minimum atomic E-state index is 0.0537. The van der Waals surface area contributed by atoms with E-state index in [1.165, 1.54) is 0 Å². The fourth-order valence-electron chi connectivity index (χ4n) is 1.65. The van der Waals surface area contributed by atoms with E-state index in [1.807, 2.05) is 24.3 Å². The van der Waals surface area contributed by atoms with Crippen LogP contribution in [0.15, 0.2) is 24.3 Å². The maximum absolute atomic E-state index is 12.0. The summed E-state index contributed by atoms with van der Waals surface area (Å²) in [4.78, 5) is 12.0. The molecule has 0 unspecified atom stereocenters. The molecule has 1 N–H and O–H groups in total. The van der Waals surface area contributed by atoms with Gasteiger partial charge in [0.1, 0.15) is 5.75 Å². The van der Waals surface area contributed by atoms with Crippen molar-refractivity contribution in [3.05, 3.63) is 29.8 Å². The Morgan fingerprint density at radius 3 is 2.37 bits per heavy atom. The summed E-state index contributed by atoms with van der Waals surface area (Å²) in [7, 11) is 0. The Kier molecular flexibility index (Phi) is 6.03. The van der Waals surface area contributed by atoms with E-state index in [-0.39, 0.29) is 11.3 Å². The van der Waals surface area contributed by atoms with Crippen molar-refractivity contribution >= 4 is 5.78 Å². The van der Waals surface area contributed by atoms with Crippen molar-refractivity contribution in [3.63, 3.8) is 0 Å². The molecule has 0 saturated carbocycles. The highest BCUT2D eigenvalue weighted by atomic mass is 16.5. The van der Waals surface area contributed by atoms with E-state index >= 15 is 0 Å². The summed E-state index contributed by atoms with van der Waals surface area (Å²) in [6.07, 6.45) is 1.51. The minimum absolute atomic E-state index is 0.0537. The highest BCUT2D eigenvalue weighted by molar-refractivity contribution is 5.96. The zero-order chi connectivity index (χ0) is 14.3. The molecule has 0 atom stereocenters. The number of benzene rings is 1. The van der Waals surface area contributed by atoms with Crippen LogP contribution in [0.1, 0.15) is 50.9 Å². The monoisotopic (exact) mass is 263 g/mol. The number of rotatable bonds is 7. The largest absolute Gasteiger partial charge is 0.494 e. The van der Waals surface area contributed by atoms with Crippen LogP contribution < -0.4 is 10.1 Å². The second-order valence-corrected chi connectivity index (χ2v) is 5.72. The summed E-state index contributed by atoms with van der Waals surface area (Å²) in [6, 6.07) is 7.40. The van der Waals surface area contributed by atoms with E-state index in [4.69, 9.17) is 4.74 Å². The standard InChI is InChI=1S/C16H25NO2/c1-5-12-19-14-8-6-13(7-9-14)15(18)10-11-17-16(2,3)4/h6-9,17H,5,10-12H2,1-4H3. The number of carbonyl (C=O) groups excluding carboxylic acids is 1. The molecule has 0 heterocycles. The molecule has 3 nitrogen and oxygen atoms in total. The van der Waals surface area contributed by atoms with Gasteiger partial charge in [-0.05, 0) is 51.5 Å². The average Bonchev–Trinajstić information content (AvgIpc) is 2.35. The van der Waals surface area contributed by atoms with E-state index in [1.54, 1.807) is 0 Å². The number of hydrogen-bond donors (Lipinski definition) is 1. The van der Waals surface area contributed by atoms with Gasteiger partial charge in [0.15, 0.2) is 5.78 Å². The lowest BCUT2D eigenvalue weighted by molar-refractivity contribution is 0.0980. The minimum Gasteiger partial charge on any atom is -0.494 e. The van der Waals surface area contributed by atoms with Gasteiger partial charge < -0.3 is 10.1 Å². The number of Topliss-reactive ketones (excluding diaryl/α,β-unsaturated/α-hetero) is 1. The fourth-order valence-corrected chi connectivity index (χ4v) is 1.65. The first kappa shape index (κ1) is 15.7. The molecule has 0 radical (unpaired) electrons. The number of hydrogen-bond acceptors (Lipinski definition) is 3. The third-order valence-electron chi connectivity index (χ3n) is 2.66. The van der Waals surface area contributed by atoms with Crippen LogP contribution in [0.2, 0.25) is 0 Å². The molecule has 0 fully saturated rings. The third-order valence-corrected chi connectivity index (χ3v) is 2.66. The predicted molar refractivity (Wildman–Crippen MR) is 78.9 cm³/mol. The molecule has 19 heavy (non-hydrogen) atoms. The van der Waals surface area contributed by atoms with Gasteiger partial charge in [-0.2, -0.15) is 0 Å². The number of ether oxygens (including phenoxy) is 1. The first-order chi connectivity index (χ1) is 8.92. The van der Waals surface area contributed by atoms with Crippen molar-refractivity contribution in [2.45, 2.75) is 46.1 Å². The molecule has 0 amide bonds. The van der Waals surface area contributed by atoms with Gasteiger partial charge >= 0.3 is 0 Å². The van der Waals surface area contributed by atoms with Crippen LogP contribution in [0.3, 0.4) is 0 Å². The summed E-state index contributed by atoms with van der Waals surface area (Å²) < 4.78 is 5.49. The summed E-state index contributed by atoms with van der Waals surface area (Å²) in [5.74, 6) is 0.991. The maximum Gasteiger partial charge on any atom is 0.164 e. The zero-order valence-electron chi connectivity index (χ0n) is 12.5. The van der Waals surface area contributed by atoms with E-state index in [0.29, 0.717) is 19.6 Å². The molecular formula is C16H25NO2. The first-order valence-electron chi connectivity index (χ1n) is 6.93. The quantitative estimate of drug-likeness (QED) is 0.766. The second-order valence-electron chi connectivity index (χ2n) is 5.72. The van der Waals surface area contributed by atoms with Gasteiger partial charge in [-0.15, -0.1) is 0 Å². The lowest BCUT2D eigenvalue weighted by Gasteiger charge is -2.20. The number of nitrogens with one attached hydrogen (secondary N) is 1. The smallest absolute Gasteiger partial charge is 0.164 e. The van der Waals surface area contributed by atoms with Gasteiger partial charge in [-0.25, -0.2) is 0 Å². The Hall–Kier alpha value is -1.35. The lowest BCUT2D eigenvalue weighted by Crippen LogP contribution is -2.37. The highest BCUT2D eigenvalue weighted by Crippen LogP contribution is 2.13. The van der Waals surface area contributed by atoms with E-state index in [9.17, 15) is 4.79 Å². The molecule has 0 aliphatic heterocycles. The molecule has 106 valence electrons. The predicted octanol–water partition coefficient (Wildman–Crippen LogP) is 3.44. The Morgan fingerprint density at radius 1 is 1.21 bits per heavy atom. The molecule has 0 spiro atoms. The van der Waals surface area contributed by atoms with Crippen molar-refractivity contribution in [2.24, 2.45) is 0 Å². The topological polar surface area (TPSA) is 38.3 Å². The summed E-state index contributed by atoms with van der Waals surface area (Å²) in [5.41, 5.74) is 0.803. The van der Waals surface area contributed by atoms with Gasteiger partial charge in [-0.3, -0.25) is 4.79 Å². The van der Waals surface area contributed by atoms with Crippen molar-refractivity contribution in [3.8, 4) is 5.75 Å². The number of carbonyl (C=O) groups is 1. The van der Waals surface area contributed by atoms with Crippen LogP contribution in [0.25, 0.3) is 0 Å². The molecule has 0 aliphatic rings. The van der Waals surface area contributed by atoms with Crippen LogP contribution in [0.4, 0.5) is 0 Å². The van der Waals surface area contributed by atoms with Crippen LogP contribution in [-0.4, -0.2) is 24.5 Å². The molecule has 1 aromatic rings. The van der Waals surface area contributed by atoms with Crippen LogP contribution in [-0.2, 0) is 0 Å². The zero-order valence-corrected chi connectivity index (χ0v) is 12.5. The lowest BCUT2D eigenvalue weighted by atomic mass is 10.1. The Labute approximate surface area is 116 Å². The molecule has 0 aliphatic carbocycles. The molecule has 1 aromatic carbocycles. The maximum atomic E-state index is 12.0. The average molecular weight is 263 g/mol. The Balaban J connectivity index is 2.44. The molecular weight excluding hydrogens is 238 g/mol. The van der Waals surface area contributed by atoms with Gasteiger partial charge in [0, 0.05) is 24.1 Å². The van der Waals surface area contributed by atoms with Gasteiger partial charge in [0.05, 0.1) is 6.61 Å². The van der Waals surface area contributed by atoms with Crippen molar-refractivity contribution in [2.75, 3.05) is 13.2 Å². The first-order valence-corrected chi connectivity index (χ1v) is 6.93. The van der Waals surface area contributed by atoms with Gasteiger partial charge in [0.25, 0.3) is 0 Å². The Morgan fingerprint density at radius 2 is 1.84 bits per heavy atom.